The van der Waals surface area contributed by atoms with Crippen LogP contribution in [0.5, 0.6) is 0 Å². The van der Waals surface area contributed by atoms with E-state index in [1.54, 1.807) is 0 Å². The van der Waals surface area contributed by atoms with Crippen LogP contribution in [0.2, 0.25) is 0 Å². The van der Waals surface area contributed by atoms with Crippen molar-refractivity contribution in [3.8, 4) is 0 Å². The SMILES string of the molecule is O=C(CCNc1nc2ccccc2[nH]1)N1CCOCC1. The zero-order chi connectivity index (χ0) is 13.8. The lowest BCUT2D eigenvalue weighted by molar-refractivity contribution is -0.134. The number of rotatable bonds is 4. The molecule has 0 spiro atoms. The van der Waals surface area contributed by atoms with Crippen molar-refractivity contribution in [2.75, 3.05) is 38.2 Å². The average molecular weight is 274 g/mol. The van der Waals surface area contributed by atoms with Crippen LogP contribution < -0.4 is 5.32 Å². The minimum absolute atomic E-state index is 0.164. The number of H-pyrrole nitrogens is 1. The summed E-state index contributed by atoms with van der Waals surface area (Å²) in [6.07, 6.45) is 0.469. The highest BCUT2D eigenvalue weighted by Gasteiger charge is 2.16. The fourth-order valence-corrected chi connectivity index (χ4v) is 2.30. The van der Waals surface area contributed by atoms with Crippen LogP contribution in [0.25, 0.3) is 11.0 Å². The number of imidazole rings is 1. The number of carbonyl (C=O) groups is 1. The van der Waals surface area contributed by atoms with Crippen LogP contribution in [0.15, 0.2) is 24.3 Å². The molecule has 20 heavy (non-hydrogen) atoms. The van der Waals surface area contributed by atoms with Crippen molar-refractivity contribution in [2.24, 2.45) is 0 Å². The van der Waals surface area contributed by atoms with Gasteiger partial charge in [0.25, 0.3) is 0 Å². The van der Waals surface area contributed by atoms with Gasteiger partial charge in [0, 0.05) is 26.1 Å². The summed E-state index contributed by atoms with van der Waals surface area (Å²) in [7, 11) is 0. The molecule has 2 heterocycles. The fourth-order valence-electron chi connectivity index (χ4n) is 2.30. The molecule has 1 saturated heterocycles. The number of aromatic nitrogens is 2. The summed E-state index contributed by atoms with van der Waals surface area (Å²) >= 11 is 0. The summed E-state index contributed by atoms with van der Waals surface area (Å²) in [6, 6.07) is 7.85. The minimum atomic E-state index is 0.164. The Morgan fingerprint density at radius 3 is 2.95 bits per heavy atom. The van der Waals surface area contributed by atoms with E-state index in [2.05, 4.69) is 15.3 Å². The predicted octanol–water partition coefficient (Wildman–Crippen LogP) is 1.22. The smallest absolute Gasteiger partial charge is 0.224 e. The van der Waals surface area contributed by atoms with Gasteiger partial charge in [0.2, 0.25) is 11.9 Å². The first-order valence-electron chi connectivity index (χ1n) is 6.87. The molecule has 6 nitrogen and oxygen atoms in total. The molecule has 1 aromatic heterocycles. The van der Waals surface area contributed by atoms with Crippen molar-refractivity contribution in [2.45, 2.75) is 6.42 Å². The Hall–Kier alpha value is -2.08. The molecule has 1 fully saturated rings. The lowest BCUT2D eigenvalue weighted by Gasteiger charge is -2.26. The number of morpholine rings is 1. The quantitative estimate of drug-likeness (QED) is 0.879. The van der Waals surface area contributed by atoms with E-state index >= 15 is 0 Å². The maximum Gasteiger partial charge on any atom is 0.224 e. The van der Waals surface area contributed by atoms with Crippen LogP contribution in [0.4, 0.5) is 5.95 Å². The number of hydrogen-bond donors (Lipinski definition) is 2. The van der Waals surface area contributed by atoms with Crippen LogP contribution in [-0.2, 0) is 9.53 Å². The molecule has 0 saturated carbocycles. The van der Waals surface area contributed by atoms with Gasteiger partial charge < -0.3 is 19.9 Å². The molecule has 1 aliphatic rings. The molecule has 0 bridgehead atoms. The van der Waals surface area contributed by atoms with Gasteiger partial charge in [0.1, 0.15) is 0 Å². The summed E-state index contributed by atoms with van der Waals surface area (Å²) in [5.41, 5.74) is 1.92. The number of benzene rings is 1. The van der Waals surface area contributed by atoms with Crippen molar-refractivity contribution in [1.82, 2.24) is 14.9 Å². The Morgan fingerprint density at radius 1 is 1.35 bits per heavy atom. The van der Waals surface area contributed by atoms with Crippen LogP contribution >= 0.6 is 0 Å². The van der Waals surface area contributed by atoms with Crippen LogP contribution in [0.3, 0.4) is 0 Å². The zero-order valence-electron chi connectivity index (χ0n) is 11.3. The predicted molar refractivity (Wildman–Crippen MR) is 76.6 cm³/mol. The Balaban J connectivity index is 1.50. The first-order valence-corrected chi connectivity index (χ1v) is 6.87. The summed E-state index contributed by atoms with van der Waals surface area (Å²) in [4.78, 5) is 21.4. The highest BCUT2D eigenvalue weighted by atomic mass is 16.5. The maximum atomic E-state index is 12.0. The third-order valence-electron chi connectivity index (χ3n) is 3.38. The van der Waals surface area contributed by atoms with Gasteiger partial charge >= 0.3 is 0 Å². The third kappa shape index (κ3) is 2.91. The Kier molecular flexibility index (Phi) is 3.83. The molecule has 0 atom stereocenters. The van der Waals surface area contributed by atoms with Gasteiger partial charge in [-0.25, -0.2) is 4.98 Å². The van der Waals surface area contributed by atoms with E-state index < -0.39 is 0 Å². The van der Waals surface area contributed by atoms with E-state index in [9.17, 15) is 4.79 Å². The van der Waals surface area contributed by atoms with Crippen LogP contribution in [0.1, 0.15) is 6.42 Å². The van der Waals surface area contributed by atoms with Crippen molar-refractivity contribution in [3.05, 3.63) is 24.3 Å². The van der Waals surface area contributed by atoms with Crippen LogP contribution in [0, 0.1) is 0 Å². The molecule has 3 rings (SSSR count). The summed E-state index contributed by atoms with van der Waals surface area (Å²) in [5.74, 6) is 0.873. The first-order chi connectivity index (χ1) is 9.83. The number of amides is 1. The topological polar surface area (TPSA) is 70.2 Å². The van der Waals surface area contributed by atoms with Crippen molar-refractivity contribution in [1.29, 1.82) is 0 Å². The van der Waals surface area contributed by atoms with Gasteiger partial charge in [-0.2, -0.15) is 0 Å². The van der Waals surface area contributed by atoms with Crippen molar-refractivity contribution < 1.29 is 9.53 Å². The first kappa shape index (κ1) is 12.9. The van der Waals surface area contributed by atoms with E-state index in [1.807, 2.05) is 29.2 Å². The number of ether oxygens (including phenoxy) is 1. The van der Waals surface area contributed by atoms with E-state index in [0.717, 1.165) is 11.0 Å². The monoisotopic (exact) mass is 274 g/mol. The summed E-state index contributed by atoms with van der Waals surface area (Å²) < 4.78 is 5.23. The molecule has 2 aromatic rings. The molecule has 2 N–H and O–H groups in total. The van der Waals surface area contributed by atoms with Crippen molar-refractivity contribution in [3.63, 3.8) is 0 Å². The fraction of sp³-hybridized carbons (Fsp3) is 0.429. The average Bonchev–Trinajstić information content (AvgIpc) is 2.90. The lowest BCUT2D eigenvalue weighted by Crippen LogP contribution is -2.41. The number of aromatic amines is 1. The number of nitrogens with zero attached hydrogens (tertiary/aromatic N) is 2. The normalized spacial score (nSPS) is 15.5. The molecule has 6 heteroatoms. The van der Waals surface area contributed by atoms with E-state index in [0.29, 0.717) is 45.2 Å². The molecule has 0 aliphatic carbocycles. The number of hydrogen-bond acceptors (Lipinski definition) is 4. The van der Waals surface area contributed by atoms with Gasteiger partial charge in [-0.05, 0) is 12.1 Å². The lowest BCUT2D eigenvalue weighted by atomic mass is 10.3. The second kappa shape index (κ2) is 5.92. The second-order valence-corrected chi connectivity index (χ2v) is 4.77. The van der Waals surface area contributed by atoms with Gasteiger partial charge in [0.15, 0.2) is 0 Å². The van der Waals surface area contributed by atoms with Crippen LogP contribution in [-0.4, -0.2) is 53.6 Å². The minimum Gasteiger partial charge on any atom is -0.378 e. The van der Waals surface area contributed by atoms with Gasteiger partial charge in [-0.1, -0.05) is 12.1 Å². The highest BCUT2D eigenvalue weighted by molar-refractivity contribution is 5.78. The number of anilines is 1. The Labute approximate surface area is 117 Å². The molecule has 1 amide bonds. The summed E-state index contributed by atoms with van der Waals surface area (Å²) in [5, 5.41) is 3.16. The summed E-state index contributed by atoms with van der Waals surface area (Å²) in [6.45, 7) is 3.26. The number of fused-ring (bicyclic) bond motifs is 1. The van der Waals surface area contributed by atoms with Gasteiger partial charge in [-0.3, -0.25) is 4.79 Å². The zero-order valence-corrected chi connectivity index (χ0v) is 11.3. The third-order valence-corrected chi connectivity index (χ3v) is 3.38. The van der Waals surface area contributed by atoms with Gasteiger partial charge in [0.05, 0.1) is 24.2 Å². The Bertz CT molecular complexity index is 557. The molecular weight excluding hydrogens is 256 g/mol. The Morgan fingerprint density at radius 2 is 2.15 bits per heavy atom. The molecular formula is C14H18N4O2. The molecule has 1 aliphatic heterocycles. The standard InChI is InChI=1S/C14H18N4O2/c19-13(18-7-9-20-10-8-18)5-6-15-14-16-11-3-1-2-4-12(11)17-14/h1-4H,5-10H2,(H2,15,16,17). The molecule has 106 valence electrons. The maximum absolute atomic E-state index is 12.0. The second-order valence-electron chi connectivity index (χ2n) is 4.77. The van der Waals surface area contributed by atoms with E-state index in [1.165, 1.54) is 0 Å². The molecule has 0 radical (unpaired) electrons. The highest BCUT2D eigenvalue weighted by Crippen LogP contribution is 2.13. The number of nitrogens with one attached hydrogen (secondary N) is 2. The molecule has 1 aromatic carbocycles. The molecule has 0 unspecified atom stereocenters. The van der Waals surface area contributed by atoms with Crippen molar-refractivity contribution >= 4 is 22.9 Å². The van der Waals surface area contributed by atoms with E-state index in [-0.39, 0.29) is 5.91 Å². The number of para-hydroxylation sites is 2. The largest absolute Gasteiger partial charge is 0.378 e. The van der Waals surface area contributed by atoms with Gasteiger partial charge in [-0.15, -0.1) is 0 Å². The van der Waals surface area contributed by atoms with E-state index in [4.69, 9.17) is 4.74 Å². The number of carbonyl (C=O) groups excluding carboxylic acids is 1.